The fraction of sp³-hybridized carbons (Fsp3) is 0.0625. The minimum absolute atomic E-state index is 0.323. The molecule has 2 rings (SSSR count). The minimum Gasteiger partial charge on any atom is -0.495 e. The maximum atomic E-state index is 11.8. The first kappa shape index (κ1) is 18.0. The van der Waals surface area contributed by atoms with Gasteiger partial charge in [-0.15, -0.1) is 0 Å². The van der Waals surface area contributed by atoms with Crippen LogP contribution < -0.4 is 15.5 Å². The van der Waals surface area contributed by atoms with Gasteiger partial charge in [0.15, 0.2) is 0 Å². The van der Waals surface area contributed by atoms with Gasteiger partial charge >= 0.3 is 11.8 Å². The molecular formula is C16H13BrClN3O3. The van der Waals surface area contributed by atoms with Crippen LogP contribution in [0, 0.1) is 0 Å². The molecule has 0 aliphatic carbocycles. The Morgan fingerprint density at radius 3 is 2.67 bits per heavy atom. The predicted octanol–water partition coefficient (Wildman–Crippen LogP) is 3.20. The lowest BCUT2D eigenvalue weighted by Crippen LogP contribution is -2.32. The minimum atomic E-state index is -0.895. The maximum absolute atomic E-state index is 11.8. The molecule has 0 aliphatic rings. The third-order valence-corrected chi connectivity index (χ3v) is 3.63. The highest BCUT2D eigenvalue weighted by atomic mass is 79.9. The average Bonchev–Trinajstić information content (AvgIpc) is 2.55. The van der Waals surface area contributed by atoms with Crippen LogP contribution in [0.5, 0.6) is 5.75 Å². The van der Waals surface area contributed by atoms with Crippen LogP contribution in [-0.2, 0) is 9.59 Å². The molecule has 0 fully saturated rings. The van der Waals surface area contributed by atoms with Crippen molar-refractivity contribution in [1.82, 2.24) is 5.43 Å². The van der Waals surface area contributed by atoms with E-state index in [0.29, 0.717) is 16.5 Å². The number of benzene rings is 2. The van der Waals surface area contributed by atoms with Crippen molar-refractivity contribution in [2.24, 2.45) is 5.10 Å². The molecule has 0 saturated heterocycles. The second kappa shape index (κ2) is 8.47. The number of amides is 2. The fourth-order valence-corrected chi connectivity index (χ4v) is 2.41. The van der Waals surface area contributed by atoms with Crippen LogP contribution in [-0.4, -0.2) is 25.1 Å². The highest BCUT2D eigenvalue weighted by Gasteiger charge is 2.13. The van der Waals surface area contributed by atoms with Gasteiger partial charge in [-0.25, -0.2) is 5.43 Å². The molecule has 0 atom stereocenters. The molecule has 2 amide bonds. The Morgan fingerprint density at radius 2 is 2.00 bits per heavy atom. The van der Waals surface area contributed by atoms with E-state index in [1.54, 1.807) is 18.2 Å². The monoisotopic (exact) mass is 409 g/mol. The van der Waals surface area contributed by atoms with E-state index in [-0.39, 0.29) is 0 Å². The number of methoxy groups -OCH3 is 1. The molecular weight excluding hydrogens is 398 g/mol. The summed E-state index contributed by atoms with van der Waals surface area (Å²) in [6.45, 7) is 0. The number of carbonyl (C=O) groups is 2. The number of halogens is 2. The summed E-state index contributed by atoms with van der Waals surface area (Å²) in [5.41, 5.74) is 3.30. The Hall–Kier alpha value is -2.38. The standard InChI is InChI=1S/C16H13BrClN3O3/c1-24-14-6-5-12(8-13(14)18)20-15(22)16(23)21-19-9-10-3-2-4-11(17)7-10/h2-9H,1H3,(H,20,22)(H,21,23)/b19-9+. The van der Waals surface area contributed by atoms with Gasteiger partial charge in [0.05, 0.1) is 18.3 Å². The van der Waals surface area contributed by atoms with Gasteiger partial charge in [-0.1, -0.05) is 39.7 Å². The lowest BCUT2D eigenvalue weighted by molar-refractivity contribution is -0.136. The van der Waals surface area contributed by atoms with Crippen molar-refractivity contribution >= 4 is 51.2 Å². The lowest BCUT2D eigenvalue weighted by Gasteiger charge is -2.07. The van der Waals surface area contributed by atoms with Gasteiger partial charge in [0.2, 0.25) is 0 Å². The quantitative estimate of drug-likeness (QED) is 0.461. The van der Waals surface area contributed by atoms with Crippen molar-refractivity contribution in [3.63, 3.8) is 0 Å². The zero-order valence-electron chi connectivity index (χ0n) is 12.5. The zero-order chi connectivity index (χ0) is 17.5. The summed E-state index contributed by atoms with van der Waals surface area (Å²) in [5.74, 6) is -1.28. The first-order valence-corrected chi connectivity index (χ1v) is 7.90. The number of hydrogen-bond donors (Lipinski definition) is 2. The number of carbonyl (C=O) groups excluding carboxylic acids is 2. The number of rotatable bonds is 4. The van der Waals surface area contributed by atoms with Crippen LogP contribution in [0.2, 0.25) is 5.02 Å². The van der Waals surface area contributed by atoms with Crippen molar-refractivity contribution in [3.05, 3.63) is 57.5 Å². The third-order valence-electron chi connectivity index (χ3n) is 2.84. The molecule has 0 unspecified atom stereocenters. The summed E-state index contributed by atoms with van der Waals surface area (Å²) in [6, 6.07) is 11.9. The molecule has 2 aromatic rings. The number of hydrogen-bond acceptors (Lipinski definition) is 4. The molecule has 8 heteroatoms. The first-order chi connectivity index (χ1) is 11.5. The van der Waals surface area contributed by atoms with Crippen LogP contribution in [0.15, 0.2) is 52.0 Å². The molecule has 0 radical (unpaired) electrons. The van der Waals surface area contributed by atoms with Crippen molar-refractivity contribution in [2.45, 2.75) is 0 Å². The molecule has 0 aliphatic heterocycles. The van der Waals surface area contributed by atoms with E-state index in [9.17, 15) is 9.59 Å². The highest BCUT2D eigenvalue weighted by Crippen LogP contribution is 2.27. The molecule has 0 heterocycles. The van der Waals surface area contributed by atoms with Gasteiger partial charge < -0.3 is 10.1 Å². The van der Waals surface area contributed by atoms with Gasteiger partial charge in [0.1, 0.15) is 5.75 Å². The number of nitrogens with one attached hydrogen (secondary N) is 2. The Labute approximate surface area is 152 Å². The van der Waals surface area contributed by atoms with Gasteiger partial charge in [-0.3, -0.25) is 9.59 Å². The Bertz CT molecular complexity index is 796. The summed E-state index contributed by atoms with van der Waals surface area (Å²) in [4.78, 5) is 23.5. The third kappa shape index (κ3) is 5.07. The average molecular weight is 411 g/mol. The highest BCUT2D eigenvalue weighted by molar-refractivity contribution is 9.10. The Balaban J connectivity index is 1.92. The van der Waals surface area contributed by atoms with E-state index in [4.69, 9.17) is 16.3 Å². The van der Waals surface area contributed by atoms with E-state index in [0.717, 1.165) is 10.0 Å². The molecule has 0 saturated carbocycles. The molecule has 6 nitrogen and oxygen atoms in total. The first-order valence-electron chi connectivity index (χ1n) is 6.73. The van der Waals surface area contributed by atoms with Gasteiger partial charge in [0, 0.05) is 10.2 Å². The SMILES string of the molecule is COc1ccc(NC(=O)C(=O)N/N=C/c2cccc(Br)c2)cc1Cl. The number of nitrogens with zero attached hydrogens (tertiary/aromatic N) is 1. The number of anilines is 1. The predicted molar refractivity (Wildman–Crippen MR) is 96.5 cm³/mol. The Kier molecular flexibility index (Phi) is 6.34. The van der Waals surface area contributed by atoms with E-state index in [1.807, 2.05) is 18.2 Å². The molecule has 0 spiro atoms. The van der Waals surface area contributed by atoms with E-state index >= 15 is 0 Å². The fourth-order valence-electron chi connectivity index (χ4n) is 1.74. The molecule has 0 bridgehead atoms. The second-order valence-corrected chi connectivity index (χ2v) is 5.88. The van der Waals surface area contributed by atoms with Gasteiger partial charge in [0.25, 0.3) is 0 Å². The summed E-state index contributed by atoms with van der Waals surface area (Å²) in [6.07, 6.45) is 1.43. The van der Waals surface area contributed by atoms with Crippen molar-refractivity contribution in [2.75, 3.05) is 12.4 Å². The normalized spacial score (nSPS) is 10.5. The van der Waals surface area contributed by atoms with Crippen molar-refractivity contribution in [3.8, 4) is 5.75 Å². The second-order valence-electron chi connectivity index (χ2n) is 4.56. The topological polar surface area (TPSA) is 79.8 Å². The van der Waals surface area contributed by atoms with Crippen molar-refractivity contribution < 1.29 is 14.3 Å². The van der Waals surface area contributed by atoms with Crippen LogP contribution in [0.25, 0.3) is 0 Å². The molecule has 124 valence electrons. The van der Waals surface area contributed by atoms with Crippen LogP contribution in [0.4, 0.5) is 5.69 Å². The summed E-state index contributed by atoms with van der Waals surface area (Å²) >= 11 is 9.28. The van der Waals surface area contributed by atoms with E-state index < -0.39 is 11.8 Å². The van der Waals surface area contributed by atoms with Crippen LogP contribution in [0.3, 0.4) is 0 Å². The van der Waals surface area contributed by atoms with E-state index in [2.05, 4.69) is 31.8 Å². The Morgan fingerprint density at radius 1 is 1.21 bits per heavy atom. The molecule has 2 aromatic carbocycles. The maximum Gasteiger partial charge on any atom is 0.329 e. The summed E-state index contributed by atoms with van der Waals surface area (Å²) < 4.78 is 5.89. The zero-order valence-corrected chi connectivity index (χ0v) is 14.9. The summed E-state index contributed by atoms with van der Waals surface area (Å²) in [5, 5.41) is 6.48. The molecule has 0 aromatic heterocycles. The largest absolute Gasteiger partial charge is 0.495 e. The van der Waals surface area contributed by atoms with Gasteiger partial charge in [-0.2, -0.15) is 5.10 Å². The van der Waals surface area contributed by atoms with Crippen molar-refractivity contribution in [1.29, 1.82) is 0 Å². The summed E-state index contributed by atoms with van der Waals surface area (Å²) in [7, 11) is 1.48. The van der Waals surface area contributed by atoms with Crippen LogP contribution in [0.1, 0.15) is 5.56 Å². The molecule has 2 N–H and O–H groups in total. The van der Waals surface area contributed by atoms with E-state index in [1.165, 1.54) is 19.4 Å². The lowest BCUT2D eigenvalue weighted by atomic mass is 10.2. The number of hydrazone groups is 1. The van der Waals surface area contributed by atoms with Gasteiger partial charge in [-0.05, 0) is 35.9 Å². The number of ether oxygens (including phenoxy) is 1. The molecule has 24 heavy (non-hydrogen) atoms. The smallest absolute Gasteiger partial charge is 0.329 e. The van der Waals surface area contributed by atoms with Crippen LogP contribution >= 0.6 is 27.5 Å².